The van der Waals surface area contributed by atoms with Crippen molar-refractivity contribution >= 4 is 61.1 Å². The summed E-state index contributed by atoms with van der Waals surface area (Å²) in [5.41, 5.74) is 3.30. The highest BCUT2D eigenvalue weighted by Gasteiger charge is 2.18. The van der Waals surface area contributed by atoms with E-state index in [0.717, 1.165) is 26.8 Å². The second kappa shape index (κ2) is 9.29. The van der Waals surface area contributed by atoms with E-state index in [0.29, 0.717) is 21.8 Å². The van der Waals surface area contributed by atoms with Crippen LogP contribution in [0, 0.1) is 0 Å². The second-order valence-corrected chi connectivity index (χ2v) is 8.13. The highest BCUT2D eigenvalue weighted by molar-refractivity contribution is 9.10. The Morgan fingerprint density at radius 1 is 0.935 bits per heavy atom. The van der Waals surface area contributed by atoms with Crippen molar-refractivity contribution < 1.29 is 9.84 Å². The van der Waals surface area contributed by atoms with Gasteiger partial charge in [-0.2, -0.15) is 0 Å². The molecule has 0 atom stereocenters. The van der Waals surface area contributed by atoms with Crippen LogP contribution in [0.3, 0.4) is 0 Å². The van der Waals surface area contributed by atoms with Gasteiger partial charge in [-0.25, -0.2) is 4.98 Å². The van der Waals surface area contributed by atoms with Crippen LogP contribution in [0.15, 0.2) is 89.4 Å². The number of nitrogens with zero attached hydrogens (tertiary/aromatic N) is 1. The Morgan fingerprint density at radius 3 is 2.35 bits per heavy atom. The molecule has 4 aromatic rings. The first kappa shape index (κ1) is 21.0. The number of aromatic nitrogens is 1. The van der Waals surface area contributed by atoms with Crippen LogP contribution in [0.4, 0.5) is 5.69 Å². The summed E-state index contributed by atoms with van der Waals surface area (Å²) in [4.78, 5) is 5.12. The van der Waals surface area contributed by atoms with Gasteiger partial charge >= 0.3 is 0 Å². The molecule has 0 spiro atoms. The van der Waals surface area contributed by atoms with Gasteiger partial charge in [0.25, 0.3) is 0 Å². The number of hydrogen-bond acceptors (Lipinski definition) is 4. The number of para-hydroxylation sites is 1. The molecule has 0 aliphatic rings. The van der Waals surface area contributed by atoms with Crippen LogP contribution < -0.4 is 10.1 Å². The van der Waals surface area contributed by atoms with Crippen LogP contribution in [-0.2, 0) is 0 Å². The van der Waals surface area contributed by atoms with Crippen molar-refractivity contribution in [3.8, 4) is 5.75 Å². The molecule has 0 saturated heterocycles. The van der Waals surface area contributed by atoms with Gasteiger partial charge in [0.1, 0.15) is 16.5 Å². The number of methoxy groups -OCH3 is 1. The van der Waals surface area contributed by atoms with Gasteiger partial charge in [0.2, 0.25) is 0 Å². The van der Waals surface area contributed by atoms with Crippen LogP contribution in [0.1, 0.15) is 11.3 Å². The highest BCUT2D eigenvalue weighted by atomic mass is 79.9. The third-order valence-electron chi connectivity index (χ3n) is 4.78. The van der Waals surface area contributed by atoms with E-state index >= 15 is 0 Å². The SMILES string of the molecule is COc1ccc(NC(=S)/C(=C(\O)c2ccc(Br)cc2)c2ccc3ccccc3n2)cc1. The van der Waals surface area contributed by atoms with Crippen molar-refractivity contribution in [3.05, 3.63) is 101 Å². The van der Waals surface area contributed by atoms with E-state index in [1.807, 2.05) is 84.9 Å². The lowest BCUT2D eigenvalue weighted by molar-refractivity contribution is 0.415. The molecule has 6 heteroatoms. The number of pyridine rings is 1. The first-order chi connectivity index (χ1) is 15.0. The molecule has 0 unspecified atom stereocenters. The number of rotatable bonds is 5. The molecule has 4 rings (SSSR count). The number of hydrogen-bond donors (Lipinski definition) is 2. The van der Waals surface area contributed by atoms with Crippen LogP contribution in [0.2, 0.25) is 0 Å². The Morgan fingerprint density at radius 2 is 1.65 bits per heavy atom. The number of ether oxygens (including phenoxy) is 1. The van der Waals surface area contributed by atoms with E-state index in [1.54, 1.807) is 7.11 Å². The molecular weight excluding hydrogens is 472 g/mol. The molecule has 1 heterocycles. The lowest BCUT2D eigenvalue weighted by atomic mass is 10.0. The van der Waals surface area contributed by atoms with Crippen molar-refractivity contribution in [1.29, 1.82) is 0 Å². The molecule has 31 heavy (non-hydrogen) atoms. The van der Waals surface area contributed by atoms with Gasteiger partial charge in [-0.15, -0.1) is 0 Å². The molecule has 3 aromatic carbocycles. The first-order valence-electron chi connectivity index (χ1n) is 9.56. The number of nitrogens with one attached hydrogen (secondary N) is 1. The quantitative estimate of drug-likeness (QED) is 0.181. The Hall–Kier alpha value is -3.22. The van der Waals surface area contributed by atoms with E-state index in [9.17, 15) is 5.11 Å². The second-order valence-electron chi connectivity index (χ2n) is 6.80. The normalized spacial score (nSPS) is 11.7. The Labute approximate surface area is 194 Å². The van der Waals surface area contributed by atoms with Crippen molar-refractivity contribution in [3.63, 3.8) is 0 Å². The topological polar surface area (TPSA) is 54.4 Å². The summed E-state index contributed by atoms with van der Waals surface area (Å²) in [6.07, 6.45) is 0. The average Bonchev–Trinajstić information content (AvgIpc) is 2.80. The summed E-state index contributed by atoms with van der Waals surface area (Å²) in [6, 6.07) is 26.5. The predicted octanol–water partition coefficient (Wildman–Crippen LogP) is 6.87. The lowest BCUT2D eigenvalue weighted by Gasteiger charge is -2.15. The molecule has 1 aromatic heterocycles. The molecule has 0 fully saturated rings. The zero-order valence-electron chi connectivity index (χ0n) is 16.7. The van der Waals surface area contributed by atoms with E-state index in [2.05, 4.69) is 21.2 Å². The number of benzene rings is 3. The predicted molar refractivity (Wildman–Crippen MR) is 135 cm³/mol. The fraction of sp³-hybridized carbons (Fsp3) is 0.0400. The maximum Gasteiger partial charge on any atom is 0.135 e. The minimum absolute atomic E-state index is 0.0568. The van der Waals surface area contributed by atoms with Crippen LogP contribution >= 0.6 is 28.1 Å². The number of thiocarbonyl (C=S) groups is 1. The number of aliphatic hydroxyl groups is 1. The van der Waals surface area contributed by atoms with E-state index in [4.69, 9.17) is 21.9 Å². The molecule has 0 radical (unpaired) electrons. The molecule has 0 amide bonds. The monoisotopic (exact) mass is 490 g/mol. The van der Waals surface area contributed by atoms with Gasteiger partial charge < -0.3 is 15.2 Å². The molecule has 0 aliphatic carbocycles. The highest BCUT2D eigenvalue weighted by Crippen LogP contribution is 2.28. The van der Waals surface area contributed by atoms with E-state index < -0.39 is 0 Å². The van der Waals surface area contributed by atoms with Crippen molar-refractivity contribution in [2.24, 2.45) is 0 Å². The van der Waals surface area contributed by atoms with Gasteiger partial charge in [-0.3, -0.25) is 0 Å². The van der Waals surface area contributed by atoms with Crippen molar-refractivity contribution in [2.45, 2.75) is 0 Å². The molecule has 154 valence electrons. The smallest absolute Gasteiger partial charge is 0.135 e. The average molecular weight is 491 g/mol. The summed E-state index contributed by atoms with van der Waals surface area (Å²) in [6.45, 7) is 0. The van der Waals surface area contributed by atoms with Crippen LogP contribution in [-0.4, -0.2) is 22.2 Å². The molecule has 0 bridgehead atoms. The molecule has 0 saturated carbocycles. The van der Waals surface area contributed by atoms with E-state index in [1.165, 1.54) is 0 Å². The number of anilines is 1. The van der Waals surface area contributed by atoms with Gasteiger partial charge in [0, 0.05) is 21.1 Å². The van der Waals surface area contributed by atoms with Crippen molar-refractivity contribution in [2.75, 3.05) is 12.4 Å². The molecule has 4 nitrogen and oxygen atoms in total. The fourth-order valence-corrected chi connectivity index (χ4v) is 3.75. The maximum absolute atomic E-state index is 11.2. The standard InChI is InChI=1S/C25H19BrN2O2S/c1-30-20-13-11-19(12-14-20)27-25(31)23(24(29)17-6-9-18(26)10-7-17)22-15-8-16-4-2-3-5-21(16)28-22/h2-15,29H,1H3,(H,27,31)/b24-23-. The third-order valence-corrected chi connectivity index (χ3v) is 5.62. The Bertz CT molecular complexity index is 1270. The summed E-state index contributed by atoms with van der Waals surface area (Å²) in [5, 5.41) is 15.4. The zero-order chi connectivity index (χ0) is 21.8. The van der Waals surface area contributed by atoms with Gasteiger partial charge in [-0.05, 0) is 48.5 Å². The van der Waals surface area contributed by atoms with Gasteiger partial charge in [0.05, 0.1) is 23.9 Å². The largest absolute Gasteiger partial charge is 0.507 e. The first-order valence-corrected chi connectivity index (χ1v) is 10.8. The molecule has 0 aliphatic heterocycles. The van der Waals surface area contributed by atoms with Crippen LogP contribution in [0.25, 0.3) is 22.2 Å². The summed E-state index contributed by atoms with van der Waals surface area (Å²) < 4.78 is 6.14. The zero-order valence-corrected chi connectivity index (χ0v) is 19.1. The molecule has 2 N–H and O–H groups in total. The summed E-state index contributed by atoms with van der Waals surface area (Å²) >= 11 is 9.15. The van der Waals surface area contributed by atoms with Crippen molar-refractivity contribution in [1.82, 2.24) is 4.98 Å². The van der Waals surface area contributed by atoms with Crippen LogP contribution in [0.5, 0.6) is 5.75 Å². The van der Waals surface area contributed by atoms with Gasteiger partial charge in [0.15, 0.2) is 0 Å². The van der Waals surface area contributed by atoms with E-state index in [-0.39, 0.29) is 5.76 Å². The minimum Gasteiger partial charge on any atom is -0.507 e. The number of fused-ring (bicyclic) bond motifs is 1. The fourth-order valence-electron chi connectivity index (χ4n) is 3.17. The third kappa shape index (κ3) is 4.76. The number of halogens is 1. The summed E-state index contributed by atoms with van der Waals surface area (Å²) in [5.74, 6) is 0.808. The summed E-state index contributed by atoms with van der Waals surface area (Å²) in [7, 11) is 1.62. The van der Waals surface area contributed by atoms with Gasteiger partial charge in [-0.1, -0.05) is 64.5 Å². The lowest BCUT2D eigenvalue weighted by Crippen LogP contribution is -2.14. The Balaban J connectivity index is 1.79. The molecular formula is C25H19BrN2O2S. The minimum atomic E-state index is 0.0568. The maximum atomic E-state index is 11.2. The number of aliphatic hydroxyl groups excluding tert-OH is 1. The Kier molecular flexibility index (Phi) is 6.30.